The minimum atomic E-state index is -1.01. The van der Waals surface area contributed by atoms with E-state index in [1.165, 1.54) is 29.2 Å². The molecule has 1 aliphatic rings. The summed E-state index contributed by atoms with van der Waals surface area (Å²) in [6, 6.07) is 16.2. The normalized spacial score (nSPS) is 20.5. The molecule has 1 fully saturated rings. The van der Waals surface area contributed by atoms with Gasteiger partial charge in [0.05, 0.1) is 11.1 Å². The molecular weight excluding hydrogens is 523 g/mol. The zero-order chi connectivity index (χ0) is 26.5. The summed E-state index contributed by atoms with van der Waals surface area (Å²) in [7, 11) is 0. The van der Waals surface area contributed by atoms with Crippen LogP contribution in [0.15, 0.2) is 66.7 Å². The molecule has 0 N–H and O–H groups in total. The standard InChI is InChI=1S/C28H25Cl2F2NO4/c1-2-3-25(36-16-34)33-26(18-6-9-20(29)10-7-18)27(19-8-13-22(30)23(32)15-19)37-24(28(33)35)14-17-4-11-21(31)12-5-17/h4-13,15-16,24-27H,2-3,14H2,1H3/t24-,25-,26+,27-/m1/s1. The Morgan fingerprint density at radius 1 is 1.03 bits per heavy atom. The second-order valence-corrected chi connectivity index (χ2v) is 9.61. The largest absolute Gasteiger partial charge is 0.444 e. The maximum absolute atomic E-state index is 14.6. The number of carbonyl (C=O) groups excluding carboxylic acids is 2. The topological polar surface area (TPSA) is 55.8 Å². The van der Waals surface area contributed by atoms with Crippen molar-refractivity contribution in [3.05, 3.63) is 105 Å². The SMILES string of the molecule is CCC[C@@H](OC=O)N1C(=O)[C@@H](Cc2ccc(F)cc2)O[C@H](c2ccc(Cl)c(F)c2)[C@@H]1c1ccc(Cl)cc1. The lowest BCUT2D eigenvalue weighted by molar-refractivity contribution is -0.198. The van der Waals surface area contributed by atoms with E-state index in [1.807, 2.05) is 6.92 Å². The molecule has 0 bridgehead atoms. The highest BCUT2D eigenvalue weighted by Gasteiger charge is 2.47. The quantitative estimate of drug-likeness (QED) is 0.276. The van der Waals surface area contributed by atoms with Gasteiger partial charge in [-0.15, -0.1) is 0 Å². The van der Waals surface area contributed by atoms with Gasteiger partial charge in [-0.05, 0) is 53.1 Å². The number of morpholine rings is 1. The zero-order valence-electron chi connectivity index (χ0n) is 20.0. The van der Waals surface area contributed by atoms with Crippen molar-refractivity contribution in [1.82, 2.24) is 4.90 Å². The lowest BCUT2D eigenvalue weighted by Crippen LogP contribution is -2.56. The van der Waals surface area contributed by atoms with E-state index in [1.54, 1.807) is 42.5 Å². The predicted molar refractivity (Wildman–Crippen MR) is 136 cm³/mol. The van der Waals surface area contributed by atoms with Gasteiger partial charge in [-0.3, -0.25) is 14.5 Å². The van der Waals surface area contributed by atoms with Gasteiger partial charge in [0.2, 0.25) is 0 Å². The number of rotatable bonds is 9. The number of benzene rings is 3. The van der Waals surface area contributed by atoms with Gasteiger partial charge in [-0.1, -0.05) is 66.9 Å². The van der Waals surface area contributed by atoms with Gasteiger partial charge in [-0.2, -0.15) is 0 Å². The third kappa shape index (κ3) is 6.12. The number of carbonyl (C=O) groups is 2. The number of nitrogens with zero attached hydrogens (tertiary/aromatic N) is 1. The van der Waals surface area contributed by atoms with Crippen LogP contribution >= 0.6 is 23.2 Å². The van der Waals surface area contributed by atoms with E-state index in [0.717, 1.165) is 0 Å². The number of hydrogen-bond donors (Lipinski definition) is 0. The van der Waals surface area contributed by atoms with Crippen LogP contribution in [0.2, 0.25) is 10.0 Å². The fourth-order valence-electron chi connectivity index (χ4n) is 4.58. The summed E-state index contributed by atoms with van der Waals surface area (Å²) in [4.78, 5) is 26.9. The third-order valence-electron chi connectivity index (χ3n) is 6.30. The van der Waals surface area contributed by atoms with Crippen molar-refractivity contribution in [1.29, 1.82) is 0 Å². The third-order valence-corrected chi connectivity index (χ3v) is 6.86. The van der Waals surface area contributed by atoms with Gasteiger partial charge in [-0.25, -0.2) is 8.78 Å². The number of amides is 1. The van der Waals surface area contributed by atoms with Crippen LogP contribution in [-0.4, -0.2) is 29.6 Å². The van der Waals surface area contributed by atoms with Crippen molar-refractivity contribution in [3.63, 3.8) is 0 Å². The first-order chi connectivity index (χ1) is 17.8. The van der Waals surface area contributed by atoms with Gasteiger partial charge in [0.25, 0.3) is 12.4 Å². The molecular formula is C28H25Cl2F2NO4. The first kappa shape index (κ1) is 27.0. The highest BCUT2D eigenvalue weighted by atomic mass is 35.5. The van der Waals surface area contributed by atoms with E-state index in [2.05, 4.69) is 0 Å². The molecule has 1 saturated heterocycles. The smallest absolute Gasteiger partial charge is 0.295 e. The first-order valence-electron chi connectivity index (χ1n) is 11.8. The van der Waals surface area contributed by atoms with E-state index in [4.69, 9.17) is 32.7 Å². The summed E-state index contributed by atoms with van der Waals surface area (Å²) >= 11 is 12.1. The molecule has 5 nitrogen and oxygen atoms in total. The molecule has 3 aromatic carbocycles. The average Bonchev–Trinajstić information content (AvgIpc) is 2.88. The van der Waals surface area contributed by atoms with E-state index in [9.17, 15) is 18.4 Å². The highest BCUT2D eigenvalue weighted by Crippen LogP contribution is 2.45. The summed E-state index contributed by atoms with van der Waals surface area (Å²) in [5.74, 6) is -1.44. The van der Waals surface area contributed by atoms with Crippen molar-refractivity contribution in [2.45, 2.75) is 50.7 Å². The predicted octanol–water partition coefficient (Wildman–Crippen LogP) is 6.82. The molecule has 4 rings (SSSR count). The molecule has 194 valence electrons. The Balaban J connectivity index is 1.85. The fourth-order valence-corrected chi connectivity index (χ4v) is 4.82. The van der Waals surface area contributed by atoms with E-state index < -0.39 is 42.0 Å². The lowest BCUT2D eigenvalue weighted by atomic mass is 9.90. The van der Waals surface area contributed by atoms with Gasteiger partial charge in [0, 0.05) is 17.9 Å². The Hall–Kier alpha value is -3.00. The summed E-state index contributed by atoms with van der Waals surface area (Å²) in [5.41, 5.74) is 1.78. The van der Waals surface area contributed by atoms with Crippen LogP contribution in [-0.2, 0) is 25.5 Å². The van der Waals surface area contributed by atoms with Crippen molar-refractivity contribution in [3.8, 4) is 0 Å². The minimum Gasteiger partial charge on any atom is -0.444 e. The van der Waals surface area contributed by atoms with Crippen LogP contribution in [0.1, 0.15) is 48.6 Å². The van der Waals surface area contributed by atoms with Gasteiger partial charge in [0.1, 0.15) is 23.8 Å². The van der Waals surface area contributed by atoms with Crippen molar-refractivity contribution < 1.29 is 27.8 Å². The molecule has 9 heteroatoms. The first-order valence-corrected chi connectivity index (χ1v) is 12.6. The molecule has 1 amide bonds. The molecule has 1 aliphatic heterocycles. The summed E-state index contributed by atoms with van der Waals surface area (Å²) < 4.78 is 39.9. The Labute approximate surface area is 223 Å². The Bertz CT molecular complexity index is 1240. The second kappa shape index (κ2) is 12.0. The number of halogens is 4. The van der Waals surface area contributed by atoms with Crippen molar-refractivity contribution >= 4 is 35.6 Å². The number of ether oxygens (including phenoxy) is 2. The van der Waals surface area contributed by atoms with Crippen LogP contribution in [0.25, 0.3) is 0 Å². The fraction of sp³-hybridized carbons (Fsp3) is 0.286. The minimum absolute atomic E-state index is 0.0495. The molecule has 0 unspecified atom stereocenters. The number of hydrogen-bond acceptors (Lipinski definition) is 4. The molecule has 0 spiro atoms. The van der Waals surface area contributed by atoms with Crippen LogP contribution in [0.4, 0.5) is 8.78 Å². The monoisotopic (exact) mass is 547 g/mol. The van der Waals surface area contributed by atoms with Gasteiger partial charge < -0.3 is 9.47 Å². The second-order valence-electron chi connectivity index (χ2n) is 8.77. The molecule has 37 heavy (non-hydrogen) atoms. The molecule has 0 aliphatic carbocycles. The maximum Gasteiger partial charge on any atom is 0.295 e. The highest BCUT2D eigenvalue weighted by molar-refractivity contribution is 6.30. The van der Waals surface area contributed by atoms with Crippen LogP contribution in [0.5, 0.6) is 0 Å². The summed E-state index contributed by atoms with van der Waals surface area (Å²) in [6.07, 6.45) is -1.61. The van der Waals surface area contributed by atoms with E-state index in [-0.39, 0.29) is 11.4 Å². The van der Waals surface area contributed by atoms with Gasteiger partial charge >= 0.3 is 0 Å². The molecule has 4 atom stereocenters. The average molecular weight is 548 g/mol. The molecule has 0 saturated carbocycles. The molecule has 1 heterocycles. The molecule has 0 aromatic heterocycles. The van der Waals surface area contributed by atoms with E-state index in [0.29, 0.717) is 41.0 Å². The zero-order valence-corrected chi connectivity index (χ0v) is 21.5. The lowest BCUT2D eigenvalue weighted by Gasteiger charge is -2.47. The van der Waals surface area contributed by atoms with Gasteiger partial charge in [0.15, 0.2) is 6.23 Å². The Morgan fingerprint density at radius 3 is 2.32 bits per heavy atom. The van der Waals surface area contributed by atoms with Crippen LogP contribution in [0.3, 0.4) is 0 Å². The van der Waals surface area contributed by atoms with Crippen LogP contribution < -0.4 is 0 Å². The summed E-state index contributed by atoms with van der Waals surface area (Å²) in [6.45, 7) is 2.22. The maximum atomic E-state index is 14.6. The Morgan fingerprint density at radius 2 is 1.70 bits per heavy atom. The van der Waals surface area contributed by atoms with Crippen molar-refractivity contribution in [2.75, 3.05) is 0 Å². The molecule has 3 aromatic rings. The van der Waals surface area contributed by atoms with Crippen LogP contribution in [0, 0.1) is 11.6 Å². The van der Waals surface area contributed by atoms with Crippen molar-refractivity contribution in [2.24, 2.45) is 0 Å². The Kier molecular flexibility index (Phi) is 8.79. The summed E-state index contributed by atoms with van der Waals surface area (Å²) in [5, 5.41) is 0.447. The van der Waals surface area contributed by atoms with E-state index >= 15 is 0 Å². The molecule has 0 radical (unpaired) electrons.